The number of benzene rings is 1. The van der Waals surface area contributed by atoms with Gasteiger partial charge in [0.15, 0.2) is 0 Å². The van der Waals surface area contributed by atoms with E-state index in [2.05, 4.69) is 24.4 Å². The Labute approximate surface area is 115 Å². The maximum Gasteiger partial charge on any atom is 0.222 e. The third kappa shape index (κ3) is 5.30. The monoisotopic (exact) mass is 264 g/mol. The summed E-state index contributed by atoms with van der Waals surface area (Å²) in [5.41, 5.74) is 1.22. The molecule has 1 N–H and O–H groups in total. The Bertz CT molecular complexity index is 388. The van der Waals surface area contributed by atoms with Gasteiger partial charge in [0.25, 0.3) is 0 Å². The summed E-state index contributed by atoms with van der Waals surface area (Å²) in [6.07, 6.45) is 1.45. The summed E-state index contributed by atoms with van der Waals surface area (Å²) in [6, 6.07) is 8.31. The maximum absolute atomic E-state index is 11.4. The van der Waals surface area contributed by atoms with Gasteiger partial charge in [0.1, 0.15) is 5.75 Å². The molecule has 0 aliphatic heterocycles. The van der Waals surface area contributed by atoms with Gasteiger partial charge in [-0.05, 0) is 37.6 Å². The molecule has 1 atom stereocenters. The third-order valence-electron chi connectivity index (χ3n) is 3.13. The van der Waals surface area contributed by atoms with Crippen LogP contribution in [0.2, 0.25) is 0 Å². The number of amides is 1. The number of ether oxygens (including phenoxy) is 1. The normalized spacial score (nSPS) is 12.0. The lowest BCUT2D eigenvalue weighted by Crippen LogP contribution is -2.24. The summed E-state index contributed by atoms with van der Waals surface area (Å²) < 4.78 is 5.13. The van der Waals surface area contributed by atoms with E-state index in [1.807, 2.05) is 12.1 Å². The minimum absolute atomic E-state index is 0.180. The molecule has 4 heteroatoms. The largest absolute Gasteiger partial charge is 0.497 e. The second kappa shape index (κ2) is 7.79. The number of nitrogens with one attached hydrogen (secondary N) is 1. The lowest BCUT2D eigenvalue weighted by molar-refractivity contribution is -0.128. The van der Waals surface area contributed by atoms with Crippen LogP contribution in [-0.4, -0.2) is 38.6 Å². The molecule has 0 heterocycles. The molecule has 1 amide bonds. The molecule has 0 aromatic heterocycles. The first-order valence-corrected chi connectivity index (χ1v) is 6.62. The smallest absolute Gasteiger partial charge is 0.222 e. The van der Waals surface area contributed by atoms with Crippen LogP contribution in [0.4, 0.5) is 0 Å². The average Bonchev–Trinajstić information content (AvgIpc) is 2.43. The molecule has 0 saturated heterocycles. The topological polar surface area (TPSA) is 41.6 Å². The van der Waals surface area contributed by atoms with E-state index in [-0.39, 0.29) is 11.9 Å². The van der Waals surface area contributed by atoms with Crippen molar-refractivity contribution in [2.75, 3.05) is 27.7 Å². The van der Waals surface area contributed by atoms with Crippen LogP contribution in [-0.2, 0) is 4.79 Å². The van der Waals surface area contributed by atoms with Gasteiger partial charge in [-0.1, -0.05) is 12.1 Å². The van der Waals surface area contributed by atoms with Gasteiger partial charge >= 0.3 is 0 Å². The van der Waals surface area contributed by atoms with Crippen molar-refractivity contribution in [1.29, 1.82) is 0 Å². The first-order chi connectivity index (χ1) is 9.04. The molecule has 0 aliphatic carbocycles. The highest BCUT2D eigenvalue weighted by molar-refractivity contribution is 5.75. The van der Waals surface area contributed by atoms with Crippen molar-refractivity contribution < 1.29 is 9.53 Å². The number of carbonyl (C=O) groups is 1. The zero-order chi connectivity index (χ0) is 14.3. The lowest BCUT2D eigenvalue weighted by Gasteiger charge is -2.15. The van der Waals surface area contributed by atoms with Crippen LogP contribution in [0.1, 0.15) is 31.4 Å². The average molecular weight is 264 g/mol. The van der Waals surface area contributed by atoms with Gasteiger partial charge in [0, 0.05) is 26.6 Å². The third-order valence-corrected chi connectivity index (χ3v) is 3.13. The maximum atomic E-state index is 11.4. The van der Waals surface area contributed by atoms with E-state index >= 15 is 0 Å². The number of rotatable bonds is 7. The highest BCUT2D eigenvalue weighted by Crippen LogP contribution is 2.17. The molecular weight excluding hydrogens is 240 g/mol. The van der Waals surface area contributed by atoms with Crippen molar-refractivity contribution >= 4 is 5.91 Å². The first-order valence-electron chi connectivity index (χ1n) is 6.62. The molecule has 19 heavy (non-hydrogen) atoms. The van der Waals surface area contributed by atoms with Gasteiger partial charge in [0.2, 0.25) is 5.91 Å². The van der Waals surface area contributed by atoms with Crippen molar-refractivity contribution in [3.63, 3.8) is 0 Å². The summed E-state index contributed by atoms with van der Waals surface area (Å²) in [5.74, 6) is 1.05. The molecule has 1 aromatic rings. The van der Waals surface area contributed by atoms with Gasteiger partial charge in [-0.15, -0.1) is 0 Å². The van der Waals surface area contributed by atoms with Crippen LogP contribution in [0.5, 0.6) is 5.75 Å². The number of carbonyl (C=O) groups excluding carboxylic acids is 1. The lowest BCUT2D eigenvalue weighted by atomic mass is 10.1. The van der Waals surface area contributed by atoms with Crippen LogP contribution in [0, 0.1) is 0 Å². The molecule has 0 unspecified atom stereocenters. The summed E-state index contributed by atoms with van der Waals surface area (Å²) in [5, 5.41) is 3.42. The van der Waals surface area contributed by atoms with E-state index in [9.17, 15) is 4.79 Å². The Kier molecular flexibility index (Phi) is 6.36. The molecule has 0 spiro atoms. The van der Waals surface area contributed by atoms with Gasteiger partial charge in [0.05, 0.1) is 7.11 Å². The fourth-order valence-corrected chi connectivity index (χ4v) is 1.79. The van der Waals surface area contributed by atoms with E-state index in [1.165, 1.54) is 5.56 Å². The Balaban J connectivity index is 2.30. The zero-order valence-corrected chi connectivity index (χ0v) is 12.3. The van der Waals surface area contributed by atoms with Crippen LogP contribution in [0.15, 0.2) is 24.3 Å². The molecule has 4 nitrogen and oxygen atoms in total. The summed E-state index contributed by atoms with van der Waals surface area (Å²) in [6.45, 7) is 2.96. The van der Waals surface area contributed by atoms with Crippen molar-refractivity contribution in [2.24, 2.45) is 0 Å². The summed E-state index contributed by atoms with van der Waals surface area (Å²) in [4.78, 5) is 13.0. The number of nitrogens with zero attached hydrogens (tertiary/aromatic N) is 1. The number of hydrogen-bond acceptors (Lipinski definition) is 3. The standard InChI is InChI=1S/C15H24N2O2/c1-12(13-7-9-14(19-4)10-8-13)16-11-5-6-15(18)17(2)3/h7-10,12,16H,5-6,11H2,1-4H3/t12-/m0/s1. The predicted molar refractivity (Wildman–Crippen MR) is 77.3 cm³/mol. The van der Waals surface area contributed by atoms with Crippen LogP contribution < -0.4 is 10.1 Å². The Morgan fingerprint density at radius 1 is 1.32 bits per heavy atom. The van der Waals surface area contributed by atoms with Crippen molar-refractivity contribution in [1.82, 2.24) is 10.2 Å². The fraction of sp³-hybridized carbons (Fsp3) is 0.533. The molecule has 0 aliphatic rings. The second-order valence-electron chi connectivity index (χ2n) is 4.84. The highest BCUT2D eigenvalue weighted by atomic mass is 16.5. The zero-order valence-electron chi connectivity index (χ0n) is 12.3. The molecule has 0 radical (unpaired) electrons. The van der Waals surface area contributed by atoms with Crippen LogP contribution in [0.25, 0.3) is 0 Å². The van der Waals surface area contributed by atoms with E-state index in [0.717, 1.165) is 18.7 Å². The molecule has 1 aromatic carbocycles. The van der Waals surface area contributed by atoms with Crippen LogP contribution in [0.3, 0.4) is 0 Å². The first kappa shape index (κ1) is 15.5. The van der Waals surface area contributed by atoms with Gasteiger partial charge < -0.3 is 15.0 Å². The highest BCUT2D eigenvalue weighted by Gasteiger charge is 2.06. The number of methoxy groups -OCH3 is 1. The second-order valence-corrected chi connectivity index (χ2v) is 4.84. The van der Waals surface area contributed by atoms with Crippen molar-refractivity contribution in [3.8, 4) is 5.75 Å². The van der Waals surface area contributed by atoms with Crippen molar-refractivity contribution in [2.45, 2.75) is 25.8 Å². The Morgan fingerprint density at radius 3 is 2.47 bits per heavy atom. The van der Waals surface area contributed by atoms with Gasteiger partial charge in [-0.25, -0.2) is 0 Å². The minimum Gasteiger partial charge on any atom is -0.497 e. The van der Waals surface area contributed by atoms with Crippen LogP contribution >= 0.6 is 0 Å². The molecular formula is C15H24N2O2. The molecule has 0 fully saturated rings. The van der Waals surface area contributed by atoms with E-state index < -0.39 is 0 Å². The molecule has 0 bridgehead atoms. The number of hydrogen-bond donors (Lipinski definition) is 1. The minimum atomic E-state index is 0.180. The SMILES string of the molecule is COc1ccc([C@H](C)NCCCC(=O)N(C)C)cc1. The Morgan fingerprint density at radius 2 is 1.95 bits per heavy atom. The fourth-order valence-electron chi connectivity index (χ4n) is 1.79. The van der Waals surface area contributed by atoms with E-state index in [4.69, 9.17) is 4.74 Å². The predicted octanol–water partition coefficient (Wildman–Crippen LogP) is 2.21. The quantitative estimate of drug-likeness (QED) is 0.768. The summed E-state index contributed by atoms with van der Waals surface area (Å²) >= 11 is 0. The molecule has 0 saturated carbocycles. The Hall–Kier alpha value is -1.55. The summed E-state index contributed by atoms with van der Waals surface area (Å²) in [7, 11) is 5.24. The van der Waals surface area contributed by atoms with E-state index in [1.54, 1.807) is 26.1 Å². The van der Waals surface area contributed by atoms with Crippen molar-refractivity contribution in [3.05, 3.63) is 29.8 Å². The van der Waals surface area contributed by atoms with Gasteiger partial charge in [-0.3, -0.25) is 4.79 Å². The molecule has 106 valence electrons. The van der Waals surface area contributed by atoms with Gasteiger partial charge in [-0.2, -0.15) is 0 Å². The van der Waals surface area contributed by atoms with E-state index in [0.29, 0.717) is 6.42 Å². The molecule has 1 rings (SSSR count).